The monoisotopic (exact) mass is 344 g/mol. The number of hydrogen-bond acceptors (Lipinski definition) is 3. The molecule has 1 heterocycles. The summed E-state index contributed by atoms with van der Waals surface area (Å²) < 4.78 is 11.1. The summed E-state index contributed by atoms with van der Waals surface area (Å²) in [6, 6.07) is 16.0. The highest BCUT2D eigenvalue weighted by Gasteiger charge is 2.30. The lowest BCUT2D eigenvalue weighted by atomic mass is 10.0. The van der Waals surface area contributed by atoms with Gasteiger partial charge in [0.2, 0.25) is 0 Å². The predicted octanol–water partition coefficient (Wildman–Crippen LogP) is 3.94. The zero-order valence-electron chi connectivity index (χ0n) is 13.7. The van der Waals surface area contributed by atoms with E-state index in [1.807, 2.05) is 43.3 Å². The molecule has 0 unspecified atom stereocenters. The van der Waals surface area contributed by atoms with Crippen molar-refractivity contribution in [3.63, 3.8) is 0 Å². The minimum atomic E-state index is -0.571. The van der Waals surface area contributed by atoms with Gasteiger partial charge < -0.3 is 14.8 Å². The molecule has 1 fully saturated rings. The number of nitrogens with zero attached hydrogens (tertiary/aromatic N) is 1. The fraction of sp³-hybridized carbons (Fsp3) is 0.316. The normalized spacial score (nSPS) is 16.6. The van der Waals surface area contributed by atoms with Crippen LogP contribution >= 0.6 is 11.6 Å². The molecule has 5 heteroatoms. The number of rotatable bonds is 6. The molecule has 1 N–H and O–H groups in total. The molecule has 1 aliphatic rings. The van der Waals surface area contributed by atoms with E-state index >= 15 is 0 Å². The topological polar surface area (TPSA) is 42.9 Å². The van der Waals surface area contributed by atoms with Crippen LogP contribution in [-0.2, 0) is 15.9 Å². The van der Waals surface area contributed by atoms with Crippen LogP contribution in [0.2, 0.25) is 5.02 Å². The Labute approximate surface area is 147 Å². The number of aliphatic imine (C=N–C) groups is 1. The van der Waals surface area contributed by atoms with Crippen molar-refractivity contribution < 1.29 is 9.47 Å². The van der Waals surface area contributed by atoms with Gasteiger partial charge in [-0.25, -0.2) is 4.99 Å². The summed E-state index contributed by atoms with van der Waals surface area (Å²) in [7, 11) is 0. The van der Waals surface area contributed by atoms with Gasteiger partial charge in [0, 0.05) is 5.02 Å². The third kappa shape index (κ3) is 4.57. The number of ether oxygens (including phenoxy) is 2. The van der Waals surface area contributed by atoms with Gasteiger partial charge in [0.1, 0.15) is 0 Å². The van der Waals surface area contributed by atoms with Gasteiger partial charge in [0.25, 0.3) is 0 Å². The molecule has 1 saturated heterocycles. The average molecular weight is 345 g/mol. The lowest BCUT2D eigenvalue weighted by Gasteiger charge is -2.21. The molecule has 0 radical (unpaired) electrons. The number of benzene rings is 2. The molecule has 0 aliphatic carbocycles. The minimum absolute atomic E-state index is 0.554. The largest absolute Gasteiger partial charge is 0.371 e. The van der Waals surface area contributed by atoms with Crippen molar-refractivity contribution >= 4 is 23.6 Å². The van der Waals surface area contributed by atoms with Crippen LogP contribution in [0, 0.1) is 0 Å². The Bertz CT molecular complexity index is 698. The zero-order chi connectivity index (χ0) is 16.8. The van der Waals surface area contributed by atoms with Crippen molar-refractivity contribution in [2.24, 2.45) is 4.99 Å². The van der Waals surface area contributed by atoms with Gasteiger partial charge in [0.15, 0.2) is 5.79 Å². The third-order valence-electron chi connectivity index (χ3n) is 3.90. The number of nitrogens with one attached hydrogen (secondary N) is 1. The quantitative estimate of drug-likeness (QED) is 0.637. The minimum Gasteiger partial charge on any atom is -0.371 e. The lowest BCUT2D eigenvalue weighted by Crippen LogP contribution is -2.38. The zero-order valence-corrected chi connectivity index (χ0v) is 14.4. The highest BCUT2D eigenvalue weighted by molar-refractivity contribution is 6.30. The van der Waals surface area contributed by atoms with E-state index in [2.05, 4.69) is 22.4 Å². The molecule has 24 heavy (non-hydrogen) atoms. The van der Waals surface area contributed by atoms with E-state index in [0.29, 0.717) is 24.8 Å². The number of hydrogen-bond donors (Lipinski definition) is 1. The first-order valence-electron chi connectivity index (χ1n) is 8.01. The van der Waals surface area contributed by atoms with Crippen LogP contribution in [-0.4, -0.2) is 31.9 Å². The smallest absolute Gasteiger partial charge is 0.182 e. The maximum Gasteiger partial charge on any atom is 0.182 e. The molecule has 0 amide bonds. The van der Waals surface area contributed by atoms with Crippen LogP contribution < -0.4 is 5.32 Å². The van der Waals surface area contributed by atoms with Crippen molar-refractivity contribution in [3.8, 4) is 0 Å². The summed E-state index contributed by atoms with van der Waals surface area (Å²) in [6.07, 6.45) is 2.48. The van der Waals surface area contributed by atoms with E-state index in [1.54, 1.807) is 6.34 Å². The van der Waals surface area contributed by atoms with E-state index in [1.165, 1.54) is 5.56 Å². The molecule has 0 bridgehead atoms. The second kappa shape index (κ2) is 7.79. The second-order valence-electron chi connectivity index (χ2n) is 5.91. The predicted molar refractivity (Wildman–Crippen MR) is 97.2 cm³/mol. The van der Waals surface area contributed by atoms with Crippen molar-refractivity contribution in [2.45, 2.75) is 19.1 Å². The molecule has 126 valence electrons. The van der Waals surface area contributed by atoms with Gasteiger partial charge in [-0.15, -0.1) is 0 Å². The van der Waals surface area contributed by atoms with E-state index in [9.17, 15) is 0 Å². The molecule has 2 aromatic rings. The second-order valence-corrected chi connectivity index (χ2v) is 6.34. The first-order chi connectivity index (χ1) is 11.6. The Kier molecular flexibility index (Phi) is 5.51. The number of halogens is 1. The fourth-order valence-corrected chi connectivity index (χ4v) is 2.84. The molecule has 0 spiro atoms. The molecule has 4 nitrogen and oxygen atoms in total. The summed E-state index contributed by atoms with van der Waals surface area (Å²) in [5.41, 5.74) is 3.21. The molecular weight excluding hydrogens is 324 g/mol. The molecule has 2 aromatic carbocycles. The average Bonchev–Trinajstić information content (AvgIpc) is 3.01. The standard InChI is InChI=1S/C19H21ClN2O2/c1-19(23-9-10-24-19)13-21-14-22-18-8-7-17(20)12-16(18)11-15-5-3-2-4-6-15/h2-8,12,14H,9-11,13H2,1H3,(H,21,22). The Morgan fingerprint density at radius 1 is 1.17 bits per heavy atom. The van der Waals surface area contributed by atoms with Crippen LogP contribution in [0.15, 0.2) is 53.5 Å². The van der Waals surface area contributed by atoms with Crippen LogP contribution in [0.3, 0.4) is 0 Å². The van der Waals surface area contributed by atoms with E-state index in [4.69, 9.17) is 21.1 Å². The molecule has 1 aliphatic heterocycles. The first kappa shape index (κ1) is 17.0. The van der Waals surface area contributed by atoms with E-state index < -0.39 is 5.79 Å². The molecule has 0 atom stereocenters. The first-order valence-corrected chi connectivity index (χ1v) is 8.39. The SMILES string of the molecule is CC1(CN/C=N\c2ccc(Cl)cc2Cc2ccccc2)OCCO1. The Hall–Kier alpha value is -1.88. The highest BCUT2D eigenvalue weighted by atomic mass is 35.5. The molecule has 0 saturated carbocycles. The van der Waals surface area contributed by atoms with Crippen LogP contribution in [0.25, 0.3) is 0 Å². The van der Waals surface area contributed by atoms with Crippen molar-refractivity contribution in [1.82, 2.24) is 5.32 Å². The Balaban J connectivity index is 1.67. The van der Waals surface area contributed by atoms with Gasteiger partial charge in [-0.1, -0.05) is 41.9 Å². The Morgan fingerprint density at radius 2 is 1.92 bits per heavy atom. The maximum absolute atomic E-state index is 6.15. The summed E-state index contributed by atoms with van der Waals surface area (Å²) in [5.74, 6) is -0.571. The van der Waals surface area contributed by atoms with Crippen LogP contribution in [0.4, 0.5) is 5.69 Å². The highest BCUT2D eigenvalue weighted by Crippen LogP contribution is 2.25. The van der Waals surface area contributed by atoms with Crippen molar-refractivity contribution in [3.05, 3.63) is 64.7 Å². The van der Waals surface area contributed by atoms with Crippen molar-refractivity contribution in [2.75, 3.05) is 19.8 Å². The summed E-state index contributed by atoms with van der Waals surface area (Å²) in [5, 5.41) is 3.86. The van der Waals surface area contributed by atoms with E-state index in [0.717, 1.165) is 17.7 Å². The van der Waals surface area contributed by atoms with Gasteiger partial charge in [-0.3, -0.25) is 0 Å². The summed E-state index contributed by atoms with van der Waals surface area (Å²) in [6.45, 7) is 3.74. The van der Waals surface area contributed by atoms with Crippen LogP contribution in [0.1, 0.15) is 18.1 Å². The van der Waals surface area contributed by atoms with Gasteiger partial charge >= 0.3 is 0 Å². The van der Waals surface area contributed by atoms with Gasteiger partial charge in [0.05, 0.1) is 31.8 Å². The van der Waals surface area contributed by atoms with Gasteiger partial charge in [-0.05, 0) is 42.7 Å². The van der Waals surface area contributed by atoms with Crippen LogP contribution in [0.5, 0.6) is 0 Å². The molecule has 3 rings (SSSR count). The summed E-state index contributed by atoms with van der Waals surface area (Å²) in [4.78, 5) is 4.53. The lowest BCUT2D eigenvalue weighted by molar-refractivity contribution is -0.135. The van der Waals surface area contributed by atoms with Crippen molar-refractivity contribution in [1.29, 1.82) is 0 Å². The fourth-order valence-electron chi connectivity index (χ4n) is 2.64. The Morgan fingerprint density at radius 3 is 2.67 bits per heavy atom. The molecular formula is C19H21ClN2O2. The van der Waals surface area contributed by atoms with E-state index in [-0.39, 0.29) is 0 Å². The third-order valence-corrected chi connectivity index (χ3v) is 4.13. The maximum atomic E-state index is 6.15. The molecule has 0 aromatic heterocycles. The summed E-state index contributed by atoms with van der Waals surface area (Å²) >= 11 is 6.15. The van der Waals surface area contributed by atoms with Gasteiger partial charge in [-0.2, -0.15) is 0 Å².